The fourth-order valence-electron chi connectivity index (χ4n) is 4.44. The first kappa shape index (κ1) is 18.8. The van der Waals surface area contributed by atoms with Gasteiger partial charge in [-0.2, -0.15) is 13.2 Å². The number of likely N-dealkylation sites (tertiary alicyclic amines) is 1. The van der Waals surface area contributed by atoms with Crippen LogP contribution in [0.25, 0.3) is 0 Å². The highest BCUT2D eigenvalue weighted by atomic mass is 19.4. The van der Waals surface area contributed by atoms with E-state index in [9.17, 15) is 23.1 Å². The lowest BCUT2D eigenvalue weighted by Gasteiger charge is -2.39. The van der Waals surface area contributed by atoms with Gasteiger partial charge in [0.15, 0.2) is 5.54 Å². The number of carbonyl (C=O) groups is 1. The lowest BCUT2D eigenvalue weighted by molar-refractivity contribution is -0.136. The van der Waals surface area contributed by atoms with Gasteiger partial charge in [0.05, 0.1) is 11.3 Å². The minimum Gasteiger partial charge on any atom is -0.508 e. The van der Waals surface area contributed by atoms with Gasteiger partial charge in [-0.1, -0.05) is 37.1 Å². The number of phenols is 1. The molecule has 28 heavy (non-hydrogen) atoms. The molecule has 1 atom stereocenters. The minimum atomic E-state index is -4.57. The van der Waals surface area contributed by atoms with Crippen molar-refractivity contribution in [2.75, 3.05) is 18.4 Å². The Morgan fingerprint density at radius 1 is 0.964 bits per heavy atom. The number of hydrogen-bond donors (Lipinski definition) is 2. The SMILES string of the molecule is O=C1Nc2c(C(F)(F)F)cccc2C1(c1ccc(O)cc1)N1CCCCCC1. The second-order valence-electron chi connectivity index (χ2n) is 7.34. The molecule has 0 saturated carbocycles. The van der Waals surface area contributed by atoms with Crippen molar-refractivity contribution in [2.45, 2.75) is 37.4 Å². The van der Waals surface area contributed by atoms with Crippen LogP contribution in [0.2, 0.25) is 0 Å². The molecule has 2 aromatic rings. The van der Waals surface area contributed by atoms with Crippen LogP contribution in [0.4, 0.5) is 18.9 Å². The van der Waals surface area contributed by atoms with E-state index in [1.165, 1.54) is 18.2 Å². The molecule has 1 saturated heterocycles. The molecule has 4 rings (SSSR count). The van der Waals surface area contributed by atoms with E-state index in [1.54, 1.807) is 18.2 Å². The number of nitrogens with zero attached hydrogens (tertiary/aromatic N) is 1. The predicted molar refractivity (Wildman–Crippen MR) is 99.0 cm³/mol. The molecule has 0 bridgehead atoms. The Balaban J connectivity index is 1.97. The Bertz CT molecular complexity index is 888. The van der Waals surface area contributed by atoms with Gasteiger partial charge in [-0.3, -0.25) is 9.69 Å². The van der Waals surface area contributed by atoms with E-state index in [0.717, 1.165) is 31.7 Å². The standard InChI is InChI=1S/C21H21F3N2O2/c22-21(23,24)17-7-5-6-16-18(17)25-19(28)20(16,14-8-10-15(27)11-9-14)26-12-3-1-2-4-13-26/h5-11,27H,1-4,12-13H2,(H,25,28). The van der Waals surface area contributed by atoms with E-state index in [4.69, 9.17) is 0 Å². The van der Waals surface area contributed by atoms with Crippen LogP contribution >= 0.6 is 0 Å². The van der Waals surface area contributed by atoms with Gasteiger partial charge in [-0.05, 0) is 49.7 Å². The average molecular weight is 390 g/mol. The molecule has 1 amide bonds. The first-order chi connectivity index (χ1) is 13.3. The fraction of sp³-hybridized carbons (Fsp3) is 0.381. The van der Waals surface area contributed by atoms with Gasteiger partial charge in [-0.25, -0.2) is 0 Å². The van der Waals surface area contributed by atoms with Crippen molar-refractivity contribution in [1.82, 2.24) is 4.90 Å². The Kier molecular flexibility index (Phi) is 4.57. The van der Waals surface area contributed by atoms with Crippen molar-refractivity contribution in [3.63, 3.8) is 0 Å². The van der Waals surface area contributed by atoms with Crippen LogP contribution in [-0.4, -0.2) is 29.0 Å². The van der Waals surface area contributed by atoms with Gasteiger partial charge in [0, 0.05) is 5.56 Å². The van der Waals surface area contributed by atoms with Gasteiger partial charge in [0.1, 0.15) is 5.75 Å². The minimum absolute atomic E-state index is 0.0393. The summed E-state index contributed by atoms with van der Waals surface area (Å²) in [6, 6.07) is 10.1. The number of nitrogens with one attached hydrogen (secondary N) is 1. The molecule has 1 fully saturated rings. The predicted octanol–water partition coefficient (Wildman–Crippen LogP) is 4.48. The normalized spacial score (nSPS) is 23.2. The number of carbonyl (C=O) groups excluding carboxylic acids is 1. The van der Waals surface area contributed by atoms with Gasteiger partial charge in [0.25, 0.3) is 5.91 Å². The Morgan fingerprint density at radius 3 is 2.21 bits per heavy atom. The van der Waals surface area contributed by atoms with Crippen LogP contribution in [0.3, 0.4) is 0 Å². The number of fused-ring (bicyclic) bond motifs is 1. The van der Waals surface area contributed by atoms with Gasteiger partial charge in [-0.15, -0.1) is 0 Å². The van der Waals surface area contributed by atoms with Crippen LogP contribution in [-0.2, 0) is 16.5 Å². The number of rotatable bonds is 2. The summed E-state index contributed by atoms with van der Waals surface area (Å²) in [5.41, 5.74) is -1.47. The monoisotopic (exact) mass is 390 g/mol. The lowest BCUT2D eigenvalue weighted by atomic mass is 9.81. The third kappa shape index (κ3) is 2.85. The van der Waals surface area contributed by atoms with Crippen molar-refractivity contribution in [2.24, 2.45) is 0 Å². The van der Waals surface area contributed by atoms with Crippen LogP contribution < -0.4 is 5.32 Å². The maximum atomic E-state index is 13.6. The summed E-state index contributed by atoms with van der Waals surface area (Å²) in [6.45, 7) is 1.23. The number of anilines is 1. The summed E-state index contributed by atoms with van der Waals surface area (Å²) in [6.07, 6.45) is -0.760. The highest BCUT2D eigenvalue weighted by molar-refractivity contribution is 6.09. The van der Waals surface area contributed by atoms with E-state index in [2.05, 4.69) is 5.32 Å². The Morgan fingerprint density at radius 2 is 1.61 bits per heavy atom. The summed E-state index contributed by atoms with van der Waals surface area (Å²) in [4.78, 5) is 15.3. The largest absolute Gasteiger partial charge is 0.508 e. The molecular formula is C21H21F3N2O2. The van der Waals surface area contributed by atoms with Crippen molar-refractivity contribution >= 4 is 11.6 Å². The topological polar surface area (TPSA) is 52.6 Å². The molecule has 4 nitrogen and oxygen atoms in total. The van der Waals surface area contributed by atoms with Crippen molar-refractivity contribution in [1.29, 1.82) is 0 Å². The smallest absolute Gasteiger partial charge is 0.418 e. The molecule has 1 unspecified atom stereocenters. The molecule has 0 aliphatic carbocycles. The van der Waals surface area contributed by atoms with Gasteiger partial charge >= 0.3 is 6.18 Å². The zero-order chi connectivity index (χ0) is 19.9. The second-order valence-corrected chi connectivity index (χ2v) is 7.34. The third-order valence-corrected chi connectivity index (χ3v) is 5.69. The van der Waals surface area contributed by atoms with E-state index in [0.29, 0.717) is 24.2 Å². The number of amides is 1. The number of hydrogen-bond acceptors (Lipinski definition) is 3. The second kappa shape index (κ2) is 6.81. The zero-order valence-electron chi connectivity index (χ0n) is 15.2. The van der Waals surface area contributed by atoms with Crippen molar-refractivity contribution in [3.8, 4) is 5.75 Å². The van der Waals surface area contributed by atoms with Crippen molar-refractivity contribution < 1.29 is 23.1 Å². The van der Waals surface area contributed by atoms with Crippen LogP contribution in [0, 0.1) is 0 Å². The van der Waals surface area contributed by atoms with Crippen molar-refractivity contribution in [3.05, 3.63) is 59.2 Å². The molecule has 0 aromatic heterocycles. The first-order valence-electron chi connectivity index (χ1n) is 9.42. The highest BCUT2D eigenvalue weighted by Crippen LogP contribution is 2.50. The van der Waals surface area contributed by atoms with Gasteiger partial charge in [0.2, 0.25) is 0 Å². The maximum absolute atomic E-state index is 13.6. The highest BCUT2D eigenvalue weighted by Gasteiger charge is 2.54. The molecule has 2 aliphatic rings. The molecule has 2 aromatic carbocycles. The number of phenolic OH excluding ortho intramolecular Hbond substituents is 1. The number of aromatic hydroxyl groups is 1. The summed E-state index contributed by atoms with van der Waals surface area (Å²) in [7, 11) is 0. The quantitative estimate of drug-likeness (QED) is 0.795. The summed E-state index contributed by atoms with van der Waals surface area (Å²) in [5, 5.41) is 12.2. The molecule has 7 heteroatoms. The zero-order valence-corrected chi connectivity index (χ0v) is 15.2. The van der Waals surface area contributed by atoms with Crippen LogP contribution in [0.1, 0.15) is 42.4 Å². The molecule has 2 aliphatic heterocycles. The number of alkyl halides is 3. The first-order valence-corrected chi connectivity index (χ1v) is 9.42. The summed E-state index contributed by atoms with van der Waals surface area (Å²) in [5.74, 6) is -0.441. The number of halogens is 3. The summed E-state index contributed by atoms with van der Waals surface area (Å²) >= 11 is 0. The molecule has 148 valence electrons. The Labute approximate surface area is 161 Å². The molecule has 2 N–H and O–H groups in total. The Hall–Kier alpha value is -2.54. The molecule has 2 heterocycles. The van der Waals surface area contributed by atoms with E-state index < -0.39 is 23.2 Å². The fourth-order valence-corrected chi connectivity index (χ4v) is 4.44. The molecular weight excluding hydrogens is 369 g/mol. The summed E-state index contributed by atoms with van der Waals surface area (Å²) < 4.78 is 40.8. The number of para-hydroxylation sites is 1. The van der Waals surface area contributed by atoms with E-state index in [1.807, 2.05) is 4.90 Å². The number of benzene rings is 2. The maximum Gasteiger partial charge on any atom is 0.418 e. The average Bonchev–Trinajstić information content (AvgIpc) is 2.81. The van der Waals surface area contributed by atoms with Crippen LogP contribution in [0.5, 0.6) is 5.75 Å². The van der Waals surface area contributed by atoms with E-state index in [-0.39, 0.29) is 11.4 Å². The van der Waals surface area contributed by atoms with Crippen LogP contribution in [0.15, 0.2) is 42.5 Å². The van der Waals surface area contributed by atoms with Gasteiger partial charge < -0.3 is 10.4 Å². The van der Waals surface area contributed by atoms with E-state index >= 15 is 0 Å². The molecule has 0 spiro atoms. The third-order valence-electron chi connectivity index (χ3n) is 5.69. The molecule has 0 radical (unpaired) electrons. The lowest BCUT2D eigenvalue weighted by Crippen LogP contribution is -2.52.